The average Bonchev–Trinajstić information content (AvgIpc) is 2.72. The van der Waals surface area contributed by atoms with Gasteiger partial charge in [-0.05, 0) is 12.3 Å². The third-order valence-corrected chi connectivity index (χ3v) is 5.50. The third-order valence-electron chi connectivity index (χ3n) is 4.62. The molecule has 0 spiro atoms. The molecule has 1 amide bonds. The van der Waals surface area contributed by atoms with Crippen molar-refractivity contribution in [2.45, 2.75) is 24.9 Å². The maximum Gasteiger partial charge on any atom is 0.252 e. The second kappa shape index (κ2) is 8.58. The molecular formula is C21H19N5O3S. The molecule has 8 nitrogen and oxygen atoms in total. The van der Waals surface area contributed by atoms with Gasteiger partial charge >= 0.3 is 0 Å². The summed E-state index contributed by atoms with van der Waals surface area (Å²) in [4.78, 5) is 51.8. The van der Waals surface area contributed by atoms with Crippen LogP contribution in [0.3, 0.4) is 0 Å². The fraction of sp³-hybridized carbons (Fsp3) is 0.238. The molecule has 2 aromatic heterocycles. The van der Waals surface area contributed by atoms with Gasteiger partial charge in [-0.1, -0.05) is 49.0 Å². The van der Waals surface area contributed by atoms with E-state index in [0.717, 1.165) is 17.3 Å². The molecule has 3 aromatic rings. The number of benzene rings is 1. The molecule has 30 heavy (non-hydrogen) atoms. The molecule has 1 atom stereocenters. The Balaban J connectivity index is 1.42. The number of hydrogen-bond donors (Lipinski definition) is 2. The molecule has 0 saturated carbocycles. The molecule has 152 valence electrons. The fourth-order valence-electron chi connectivity index (χ4n) is 3.25. The van der Waals surface area contributed by atoms with Crippen molar-refractivity contribution < 1.29 is 9.59 Å². The standard InChI is InChI=1S/C21H19N5O3S/c1-12-7-16-14(17(27)8-12)10-22-20(23-16)25-19(29)11-30-21-24-15(9-18(28)26-21)13-5-3-2-4-6-13/h2-6,9-10,12H,7-8,11H2,1H3,(H,24,26,28)(H,22,23,25,29)/t12-/m0/s1. The van der Waals surface area contributed by atoms with Crippen LogP contribution in [0.5, 0.6) is 0 Å². The molecule has 0 unspecified atom stereocenters. The SMILES string of the molecule is C[C@@H]1CC(=O)c2cnc(NC(=O)CSc3nc(-c4ccccc4)cc(=O)[nH]3)nc2C1. The summed E-state index contributed by atoms with van der Waals surface area (Å²) in [6, 6.07) is 10.8. The maximum absolute atomic E-state index is 12.3. The van der Waals surface area contributed by atoms with E-state index in [4.69, 9.17) is 0 Å². The lowest BCUT2D eigenvalue weighted by Gasteiger charge is -2.19. The Morgan fingerprint density at radius 3 is 2.80 bits per heavy atom. The van der Waals surface area contributed by atoms with Gasteiger partial charge in [0.1, 0.15) is 0 Å². The van der Waals surface area contributed by atoms with Crippen LogP contribution in [-0.4, -0.2) is 37.4 Å². The molecule has 0 bridgehead atoms. The highest BCUT2D eigenvalue weighted by molar-refractivity contribution is 7.99. The van der Waals surface area contributed by atoms with E-state index >= 15 is 0 Å². The number of Topliss-reactive ketones (excluding diaryl/α,β-unsaturated/α-hetero) is 1. The van der Waals surface area contributed by atoms with Crippen LogP contribution in [0, 0.1) is 5.92 Å². The van der Waals surface area contributed by atoms with E-state index in [1.54, 1.807) is 0 Å². The number of nitrogens with zero attached hydrogens (tertiary/aromatic N) is 3. The first-order valence-corrected chi connectivity index (χ1v) is 10.4. The maximum atomic E-state index is 12.3. The van der Waals surface area contributed by atoms with Crippen molar-refractivity contribution in [2.75, 3.05) is 11.1 Å². The Bertz CT molecular complexity index is 1160. The summed E-state index contributed by atoms with van der Waals surface area (Å²) in [5.41, 5.74) is 2.27. The average molecular weight is 421 g/mol. The minimum atomic E-state index is -0.331. The topological polar surface area (TPSA) is 118 Å². The number of fused-ring (bicyclic) bond motifs is 1. The van der Waals surface area contributed by atoms with Crippen molar-refractivity contribution in [3.63, 3.8) is 0 Å². The summed E-state index contributed by atoms with van der Waals surface area (Å²) in [6.07, 6.45) is 2.65. The molecule has 1 aliphatic rings. The van der Waals surface area contributed by atoms with Gasteiger partial charge in [0.15, 0.2) is 10.9 Å². The summed E-state index contributed by atoms with van der Waals surface area (Å²) in [6.45, 7) is 2.00. The van der Waals surface area contributed by atoms with E-state index in [1.807, 2.05) is 37.3 Å². The highest BCUT2D eigenvalue weighted by Crippen LogP contribution is 2.24. The van der Waals surface area contributed by atoms with Gasteiger partial charge in [-0.25, -0.2) is 15.0 Å². The monoisotopic (exact) mass is 421 g/mol. The van der Waals surface area contributed by atoms with Crippen LogP contribution >= 0.6 is 11.8 Å². The number of nitrogens with one attached hydrogen (secondary N) is 2. The first-order chi connectivity index (χ1) is 14.5. The molecule has 2 heterocycles. The Morgan fingerprint density at radius 1 is 1.20 bits per heavy atom. The summed E-state index contributed by atoms with van der Waals surface area (Å²) in [7, 11) is 0. The van der Waals surface area contributed by atoms with E-state index in [9.17, 15) is 14.4 Å². The molecule has 0 saturated heterocycles. The van der Waals surface area contributed by atoms with Crippen molar-refractivity contribution in [3.8, 4) is 11.3 Å². The molecule has 9 heteroatoms. The van der Waals surface area contributed by atoms with Crippen molar-refractivity contribution in [2.24, 2.45) is 5.92 Å². The number of ketones is 1. The lowest BCUT2D eigenvalue weighted by atomic mass is 9.88. The van der Waals surface area contributed by atoms with E-state index in [2.05, 4.69) is 25.3 Å². The number of aromatic nitrogens is 4. The number of amides is 1. The lowest BCUT2D eigenvalue weighted by molar-refractivity contribution is -0.113. The van der Waals surface area contributed by atoms with Crippen LogP contribution < -0.4 is 10.9 Å². The minimum Gasteiger partial charge on any atom is -0.301 e. The summed E-state index contributed by atoms with van der Waals surface area (Å²) < 4.78 is 0. The molecule has 0 aliphatic heterocycles. The van der Waals surface area contributed by atoms with Gasteiger partial charge in [-0.2, -0.15) is 0 Å². The van der Waals surface area contributed by atoms with Crippen molar-refractivity contribution in [1.29, 1.82) is 0 Å². The van der Waals surface area contributed by atoms with Gasteiger partial charge in [0.25, 0.3) is 5.56 Å². The molecule has 1 aliphatic carbocycles. The number of aromatic amines is 1. The quantitative estimate of drug-likeness (QED) is 0.480. The van der Waals surface area contributed by atoms with E-state index in [0.29, 0.717) is 34.9 Å². The lowest BCUT2D eigenvalue weighted by Crippen LogP contribution is -2.22. The molecule has 1 aromatic carbocycles. The van der Waals surface area contributed by atoms with Crippen LogP contribution in [0.4, 0.5) is 5.95 Å². The van der Waals surface area contributed by atoms with E-state index in [-0.39, 0.29) is 34.9 Å². The van der Waals surface area contributed by atoms with Gasteiger partial charge in [0, 0.05) is 24.2 Å². The van der Waals surface area contributed by atoms with Crippen molar-refractivity contribution >= 4 is 29.4 Å². The second-order valence-electron chi connectivity index (χ2n) is 7.13. The van der Waals surface area contributed by atoms with Crippen LogP contribution in [0.2, 0.25) is 0 Å². The first-order valence-electron chi connectivity index (χ1n) is 9.46. The first kappa shape index (κ1) is 20.0. The van der Waals surface area contributed by atoms with Crippen LogP contribution in [0.1, 0.15) is 29.4 Å². The van der Waals surface area contributed by atoms with Crippen LogP contribution in [0.25, 0.3) is 11.3 Å². The smallest absolute Gasteiger partial charge is 0.252 e. The Morgan fingerprint density at radius 2 is 2.00 bits per heavy atom. The predicted octanol–water partition coefficient (Wildman–Crippen LogP) is 2.72. The molecular weight excluding hydrogens is 402 g/mol. The number of carbonyl (C=O) groups is 2. The van der Waals surface area contributed by atoms with Gasteiger partial charge in [0.2, 0.25) is 11.9 Å². The number of anilines is 1. The van der Waals surface area contributed by atoms with Crippen molar-refractivity contribution in [1.82, 2.24) is 19.9 Å². The zero-order valence-corrected chi connectivity index (χ0v) is 17.0. The number of thioether (sulfide) groups is 1. The second-order valence-corrected chi connectivity index (χ2v) is 8.09. The third kappa shape index (κ3) is 4.62. The zero-order chi connectivity index (χ0) is 21.1. The van der Waals surface area contributed by atoms with Crippen LogP contribution in [0.15, 0.2) is 52.5 Å². The Kier molecular flexibility index (Phi) is 5.71. The van der Waals surface area contributed by atoms with Crippen molar-refractivity contribution in [3.05, 3.63) is 64.2 Å². The summed E-state index contributed by atoms with van der Waals surface area (Å²) in [5, 5.41) is 2.99. The highest BCUT2D eigenvalue weighted by Gasteiger charge is 2.24. The number of hydrogen-bond acceptors (Lipinski definition) is 7. The number of H-pyrrole nitrogens is 1. The van der Waals surface area contributed by atoms with Gasteiger partial charge in [-0.3, -0.25) is 19.7 Å². The fourth-order valence-corrected chi connectivity index (χ4v) is 3.93. The molecule has 0 fully saturated rings. The van der Waals surface area contributed by atoms with E-state index in [1.165, 1.54) is 12.3 Å². The Hall–Kier alpha value is -3.33. The molecule has 2 N–H and O–H groups in total. The number of carbonyl (C=O) groups excluding carboxylic acids is 2. The minimum absolute atomic E-state index is 0.0248. The van der Waals surface area contributed by atoms with Gasteiger partial charge in [-0.15, -0.1) is 0 Å². The van der Waals surface area contributed by atoms with Gasteiger partial charge < -0.3 is 4.98 Å². The largest absolute Gasteiger partial charge is 0.301 e. The summed E-state index contributed by atoms with van der Waals surface area (Å²) in [5.74, 6) is 0.115. The summed E-state index contributed by atoms with van der Waals surface area (Å²) >= 11 is 1.11. The van der Waals surface area contributed by atoms with Gasteiger partial charge in [0.05, 0.1) is 22.7 Å². The highest BCUT2D eigenvalue weighted by atomic mass is 32.2. The van der Waals surface area contributed by atoms with Crippen LogP contribution in [-0.2, 0) is 11.2 Å². The molecule has 0 radical (unpaired) electrons. The van der Waals surface area contributed by atoms with E-state index < -0.39 is 0 Å². The number of rotatable bonds is 5. The zero-order valence-electron chi connectivity index (χ0n) is 16.2. The Labute approximate surface area is 176 Å². The predicted molar refractivity (Wildman–Crippen MR) is 113 cm³/mol. The molecule has 4 rings (SSSR count). The normalized spacial score (nSPS) is 15.5.